The summed E-state index contributed by atoms with van der Waals surface area (Å²) < 4.78 is 10.8. The molecule has 0 aliphatic carbocycles. The maximum atomic E-state index is 12.7. The van der Waals surface area contributed by atoms with E-state index < -0.39 is 0 Å². The number of aromatic nitrogens is 2. The lowest BCUT2D eigenvalue weighted by Gasteiger charge is -2.18. The van der Waals surface area contributed by atoms with E-state index in [2.05, 4.69) is 9.97 Å². The first-order chi connectivity index (χ1) is 12.2. The van der Waals surface area contributed by atoms with Crippen molar-refractivity contribution in [2.45, 2.75) is 17.5 Å². The summed E-state index contributed by atoms with van der Waals surface area (Å²) >= 11 is 1.45. The lowest BCUT2D eigenvalue weighted by molar-refractivity contribution is 0.0789. The zero-order chi connectivity index (χ0) is 17.8. The Morgan fingerprint density at radius 2 is 2.00 bits per heavy atom. The van der Waals surface area contributed by atoms with Crippen LogP contribution >= 0.6 is 11.8 Å². The van der Waals surface area contributed by atoms with Crippen LogP contribution in [0.2, 0.25) is 0 Å². The van der Waals surface area contributed by atoms with Gasteiger partial charge in [0, 0.05) is 37.0 Å². The highest BCUT2D eigenvalue weighted by molar-refractivity contribution is 7.98. The largest absolute Gasteiger partial charge is 0.497 e. The van der Waals surface area contributed by atoms with Gasteiger partial charge in [-0.2, -0.15) is 0 Å². The first-order valence-corrected chi connectivity index (χ1v) is 9.26. The molecule has 1 amide bonds. The van der Waals surface area contributed by atoms with Crippen LogP contribution in [0.25, 0.3) is 0 Å². The van der Waals surface area contributed by atoms with Gasteiger partial charge in [-0.3, -0.25) is 4.79 Å². The zero-order valence-corrected chi connectivity index (χ0v) is 15.4. The molecule has 1 aliphatic heterocycles. The molecule has 3 rings (SSSR count). The minimum Gasteiger partial charge on any atom is -0.497 e. The van der Waals surface area contributed by atoms with Crippen molar-refractivity contribution >= 4 is 17.7 Å². The summed E-state index contributed by atoms with van der Waals surface area (Å²) in [7, 11) is 3.31. The maximum absolute atomic E-state index is 12.7. The average Bonchev–Trinajstić information content (AvgIpc) is 3.17. The number of carbonyl (C=O) groups is 1. The van der Waals surface area contributed by atoms with Crippen LogP contribution in [0, 0.1) is 0 Å². The van der Waals surface area contributed by atoms with Crippen LogP contribution in [0.5, 0.6) is 11.5 Å². The highest BCUT2D eigenvalue weighted by Gasteiger charge is 2.30. The standard InChI is InChI=1S/C18H21N3O3S/c1-23-14-4-5-16(24-2)15(8-14)12-6-7-21(11-12)17(22)13-9-19-18(25-3)20-10-13/h4-5,8-10,12H,6-7,11H2,1-3H3. The van der Waals surface area contributed by atoms with Crippen molar-refractivity contribution in [2.75, 3.05) is 33.6 Å². The van der Waals surface area contributed by atoms with Crippen molar-refractivity contribution in [1.29, 1.82) is 0 Å². The number of hydrogen-bond acceptors (Lipinski definition) is 6. The summed E-state index contributed by atoms with van der Waals surface area (Å²) in [5.41, 5.74) is 1.60. The summed E-state index contributed by atoms with van der Waals surface area (Å²) in [5.74, 6) is 1.81. The van der Waals surface area contributed by atoms with Gasteiger partial charge in [0.05, 0.1) is 19.8 Å². The van der Waals surface area contributed by atoms with Gasteiger partial charge in [-0.25, -0.2) is 9.97 Å². The molecule has 1 atom stereocenters. The predicted molar refractivity (Wildman–Crippen MR) is 96.6 cm³/mol. The minimum atomic E-state index is -0.0305. The third kappa shape index (κ3) is 3.71. The molecular formula is C18H21N3O3S. The summed E-state index contributed by atoms with van der Waals surface area (Å²) in [5, 5.41) is 0.664. The quantitative estimate of drug-likeness (QED) is 0.604. The molecule has 1 unspecified atom stereocenters. The van der Waals surface area contributed by atoms with E-state index in [-0.39, 0.29) is 11.8 Å². The third-order valence-electron chi connectivity index (χ3n) is 4.41. The van der Waals surface area contributed by atoms with Gasteiger partial charge in [-0.15, -0.1) is 0 Å². The number of rotatable bonds is 5. The van der Waals surface area contributed by atoms with Crippen LogP contribution in [0.1, 0.15) is 28.3 Å². The van der Waals surface area contributed by atoms with E-state index in [4.69, 9.17) is 9.47 Å². The van der Waals surface area contributed by atoms with Crippen LogP contribution in [-0.4, -0.2) is 54.3 Å². The van der Waals surface area contributed by atoms with Crippen molar-refractivity contribution in [3.05, 3.63) is 41.7 Å². The third-order valence-corrected chi connectivity index (χ3v) is 4.99. The fourth-order valence-electron chi connectivity index (χ4n) is 3.07. The molecule has 0 N–H and O–H groups in total. The molecular weight excluding hydrogens is 338 g/mol. The first-order valence-electron chi connectivity index (χ1n) is 8.03. The molecule has 2 aromatic rings. The van der Waals surface area contributed by atoms with Crippen LogP contribution in [-0.2, 0) is 0 Å². The number of benzene rings is 1. The van der Waals surface area contributed by atoms with Crippen molar-refractivity contribution < 1.29 is 14.3 Å². The smallest absolute Gasteiger partial charge is 0.257 e. The van der Waals surface area contributed by atoms with E-state index in [9.17, 15) is 4.79 Å². The van der Waals surface area contributed by atoms with Crippen LogP contribution in [0.4, 0.5) is 0 Å². The van der Waals surface area contributed by atoms with Crippen LogP contribution < -0.4 is 9.47 Å². The molecule has 25 heavy (non-hydrogen) atoms. The highest BCUT2D eigenvalue weighted by atomic mass is 32.2. The first kappa shape index (κ1) is 17.5. The molecule has 0 bridgehead atoms. The van der Waals surface area contributed by atoms with Crippen molar-refractivity contribution in [3.8, 4) is 11.5 Å². The van der Waals surface area contributed by atoms with Crippen LogP contribution in [0.3, 0.4) is 0 Å². The molecule has 1 aliphatic rings. The molecule has 0 spiro atoms. The second-order valence-corrected chi connectivity index (χ2v) is 6.58. The van der Waals surface area contributed by atoms with Gasteiger partial charge in [0.1, 0.15) is 11.5 Å². The van der Waals surface area contributed by atoms with E-state index in [1.54, 1.807) is 26.6 Å². The molecule has 1 aromatic heterocycles. The Bertz CT molecular complexity index is 752. The molecule has 1 fully saturated rings. The van der Waals surface area contributed by atoms with Crippen molar-refractivity contribution in [3.63, 3.8) is 0 Å². The molecule has 1 aromatic carbocycles. The lowest BCUT2D eigenvalue weighted by Crippen LogP contribution is -2.28. The van der Waals surface area contributed by atoms with E-state index in [1.165, 1.54) is 11.8 Å². The Labute approximate surface area is 151 Å². The summed E-state index contributed by atoms with van der Waals surface area (Å²) in [6, 6.07) is 5.78. The van der Waals surface area contributed by atoms with Gasteiger partial charge in [0.25, 0.3) is 5.91 Å². The fraction of sp³-hybridized carbons (Fsp3) is 0.389. The number of thioether (sulfide) groups is 1. The zero-order valence-electron chi connectivity index (χ0n) is 14.6. The lowest BCUT2D eigenvalue weighted by atomic mass is 9.97. The fourth-order valence-corrected chi connectivity index (χ4v) is 3.39. The number of amides is 1. The summed E-state index contributed by atoms with van der Waals surface area (Å²) in [6.07, 6.45) is 5.99. The Hall–Kier alpha value is -2.28. The van der Waals surface area contributed by atoms with Crippen LogP contribution in [0.15, 0.2) is 35.7 Å². The highest BCUT2D eigenvalue weighted by Crippen LogP contribution is 2.36. The van der Waals surface area contributed by atoms with Gasteiger partial charge in [-0.1, -0.05) is 11.8 Å². The predicted octanol–water partition coefficient (Wildman–Crippen LogP) is 2.85. The molecule has 1 saturated heterocycles. The van der Waals surface area contributed by atoms with E-state index in [0.29, 0.717) is 23.8 Å². The van der Waals surface area contributed by atoms with E-state index in [0.717, 1.165) is 23.5 Å². The molecule has 132 valence electrons. The molecule has 6 nitrogen and oxygen atoms in total. The van der Waals surface area contributed by atoms with Gasteiger partial charge >= 0.3 is 0 Å². The normalized spacial score (nSPS) is 16.8. The maximum Gasteiger partial charge on any atom is 0.257 e. The van der Waals surface area contributed by atoms with Gasteiger partial charge in [0.15, 0.2) is 5.16 Å². The van der Waals surface area contributed by atoms with Gasteiger partial charge < -0.3 is 14.4 Å². The molecule has 7 heteroatoms. The second kappa shape index (κ2) is 7.74. The SMILES string of the molecule is COc1ccc(OC)c(C2CCN(C(=O)c3cnc(SC)nc3)C2)c1. The topological polar surface area (TPSA) is 64.6 Å². The Balaban J connectivity index is 1.75. The molecule has 0 radical (unpaired) electrons. The summed E-state index contributed by atoms with van der Waals surface area (Å²) in [6.45, 7) is 1.35. The Morgan fingerprint density at radius 3 is 2.64 bits per heavy atom. The van der Waals surface area contributed by atoms with Gasteiger partial charge in [-0.05, 0) is 30.9 Å². The van der Waals surface area contributed by atoms with E-state index in [1.807, 2.05) is 29.4 Å². The van der Waals surface area contributed by atoms with Crippen molar-refractivity contribution in [2.24, 2.45) is 0 Å². The molecule has 2 heterocycles. The molecule has 0 saturated carbocycles. The number of carbonyl (C=O) groups excluding carboxylic acids is 1. The Morgan fingerprint density at radius 1 is 1.24 bits per heavy atom. The number of hydrogen-bond donors (Lipinski definition) is 0. The number of likely N-dealkylation sites (tertiary alicyclic amines) is 1. The second-order valence-electron chi connectivity index (χ2n) is 5.80. The van der Waals surface area contributed by atoms with Crippen molar-refractivity contribution in [1.82, 2.24) is 14.9 Å². The van der Waals surface area contributed by atoms with Gasteiger partial charge in [0.2, 0.25) is 0 Å². The van der Waals surface area contributed by atoms with E-state index >= 15 is 0 Å². The number of ether oxygens (including phenoxy) is 2. The average molecular weight is 359 g/mol. The number of methoxy groups -OCH3 is 2. The minimum absolute atomic E-state index is 0.0305. The number of nitrogens with zero attached hydrogens (tertiary/aromatic N) is 3. The Kier molecular flexibility index (Phi) is 5.43. The monoisotopic (exact) mass is 359 g/mol. The summed E-state index contributed by atoms with van der Waals surface area (Å²) in [4.78, 5) is 22.9.